The third-order valence-corrected chi connectivity index (χ3v) is 3.64. The lowest BCUT2D eigenvalue weighted by molar-refractivity contribution is 0.120. The molecule has 1 aliphatic carbocycles. The molecular weight excluding hydrogens is 250 g/mol. The van der Waals surface area contributed by atoms with Crippen molar-refractivity contribution in [2.75, 3.05) is 18.5 Å². The second kappa shape index (κ2) is 5.41. The minimum Gasteiger partial charge on any atom is -0.376 e. The van der Waals surface area contributed by atoms with E-state index in [1.165, 1.54) is 12.8 Å². The Hall–Kier alpha value is -0.870. The Morgan fingerprint density at radius 2 is 2.22 bits per heavy atom. The fourth-order valence-corrected chi connectivity index (χ4v) is 2.45. The van der Waals surface area contributed by atoms with Crippen molar-refractivity contribution in [3.8, 4) is 0 Å². The molecule has 98 valence electrons. The van der Waals surface area contributed by atoms with E-state index in [0.717, 1.165) is 50.0 Å². The second-order valence-electron chi connectivity index (χ2n) is 5.16. The summed E-state index contributed by atoms with van der Waals surface area (Å²) >= 11 is 6.03. The molecule has 0 bridgehead atoms. The maximum absolute atomic E-state index is 6.03. The van der Waals surface area contributed by atoms with Gasteiger partial charge in [-0.3, -0.25) is 0 Å². The van der Waals surface area contributed by atoms with Crippen molar-refractivity contribution < 1.29 is 4.74 Å². The molecule has 1 aliphatic heterocycles. The Balaban J connectivity index is 1.60. The molecule has 1 aromatic rings. The number of hydrogen-bond donors (Lipinski definition) is 1. The van der Waals surface area contributed by atoms with Gasteiger partial charge in [0.1, 0.15) is 16.8 Å². The van der Waals surface area contributed by atoms with Gasteiger partial charge in [-0.2, -0.15) is 0 Å². The molecule has 18 heavy (non-hydrogen) atoms. The van der Waals surface area contributed by atoms with Crippen LogP contribution in [0.5, 0.6) is 0 Å². The van der Waals surface area contributed by atoms with Crippen molar-refractivity contribution in [2.24, 2.45) is 5.92 Å². The van der Waals surface area contributed by atoms with Gasteiger partial charge in [-0.25, -0.2) is 9.97 Å². The van der Waals surface area contributed by atoms with Crippen molar-refractivity contribution >= 4 is 17.4 Å². The summed E-state index contributed by atoms with van der Waals surface area (Å²) in [6.45, 7) is 1.68. The Labute approximate surface area is 112 Å². The second-order valence-corrected chi connectivity index (χ2v) is 5.54. The molecule has 0 unspecified atom stereocenters. The van der Waals surface area contributed by atoms with Crippen LogP contribution in [0.15, 0.2) is 6.07 Å². The fourth-order valence-electron chi connectivity index (χ4n) is 2.25. The van der Waals surface area contributed by atoms with Crippen LogP contribution < -0.4 is 5.32 Å². The van der Waals surface area contributed by atoms with Crippen molar-refractivity contribution in [1.29, 1.82) is 0 Å². The molecule has 4 nitrogen and oxygen atoms in total. The summed E-state index contributed by atoms with van der Waals surface area (Å²) in [6, 6.07) is 1.78. The van der Waals surface area contributed by atoms with Gasteiger partial charge in [0.25, 0.3) is 0 Å². The van der Waals surface area contributed by atoms with Gasteiger partial charge < -0.3 is 10.1 Å². The molecule has 0 spiro atoms. The minimum absolute atomic E-state index is 0.311. The first-order valence-electron chi connectivity index (χ1n) is 6.68. The van der Waals surface area contributed by atoms with E-state index >= 15 is 0 Å². The third kappa shape index (κ3) is 3.33. The zero-order valence-corrected chi connectivity index (χ0v) is 11.1. The number of aromatic nitrogens is 2. The summed E-state index contributed by atoms with van der Waals surface area (Å²) in [4.78, 5) is 8.79. The average molecular weight is 268 g/mol. The first-order chi connectivity index (χ1) is 8.79. The molecule has 1 N–H and O–H groups in total. The van der Waals surface area contributed by atoms with Crippen LogP contribution >= 0.6 is 11.6 Å². The summed E-state index contributed by atoms with van der Waals surface area (Å²) < 4.78 is 5.57. The van der Waals surface area contributed by atoms with E-state index in [9.17, 15) is 0 Å². The van der Waals surface area contributed by atoms with E-state index in [2.05, 4.69) is 15.3 Å². The molecule has 1 atom stereocenters. The van der Waals surface area contributed by atoms with Crippen LogP contribution in [0.3, 0.4) is 0 Å². The lowest BCUT2D eigenvalue weighted by atomic mass is 10.2. The molecule has 3 rings (SSSR count). The zero-order chi connectivity index (χ0) is 12.4. The highest BCUT2D eigenvalue weighted by atomic mass is 35.5. The first kappa shape index (κ1) is 12.2. The Kier molecular flexibility index (Phi) is 3.66. The van der Waals surface area contributed by atoms with Crippen LogP contribution in [-0.2, 0) is 11.2 Å². The average Bonchev–Trinajstić information content (AvgIpc) is 2.99. The lowest BCUT2D eigenvalue weighted by Gasteiger charge is -2.12. The quantitative estimate of drug-likeness (QED) is 0.834. The van der Waals surface area contributed by atoms with Crippen LogP contribution in [0.4, 0.5) is 5.82 Å². The molecule has 2 heterocycles. The molecule has 2 fully saturated rings. The first-order valence-corrected chi connectivity index (χ1v) is 7.06. The lowest BCUT2D eigenvalue weighted by Crippen LogP contribution is -2.19. The van der Waals surface area contributed by atoms with Crippen molar-refractivity contribution in [2.45, 2.75) is 38.2 Å². The summed E-state index contributed by atoms with van der Waals surface area (Å²) in [5.41, 5.74) is 0. The summed E-state index contributed by atoms with van der Waals surface area (Å²) in [7, 11) is 0. The smallest absolute Gasteiger partial charge is 0.134 e. The van der Waals surface area contributed by atoms with Gasteiger partial charge in [-0.1, -0.05) is 11.6 Å². The monoisotopic (exact) mass is 267 g/mol. The highest BCUT2D eigenvalue weighted by Crippen LogP contribution is 2.32. The number of nitrogens with one attached hydrogen (secondary N) is 1. The number of rotatable bonds is 5. The highest BCUT2D eigenvalue weighted by molar-refractivity contribution is 6.29. The maximum atomic E-state index is 6.03. The van der Waals surface area contributed by atoms with E-state index in [4.69, 9.17) is 16.3 Å². The molecule has 1 saturated heterocycles. The number of hydrogen-bond acceptors (Lipinski definition) is 4. The van der Waals surface area contributed by atoms with E-state index < -0.39 is 0 Å². The Bertz CT molecular complexity index is 417. The highest BCUT2D eigenvalue weighted by Gasteiger charge is 2.23. The molecule has 1 aromatic heterocycles. The predicted molar refractivity (Wildman–Crippen MR) is 70.9 cm³/mol. The summed E-state index contributed by atoms with van der Waals surface area (Å²) in [6.07, 6.45) is 6.15. The molecule has 0 aromatic carbocycles. The maximum Gasteiger partial charge on any atom is 0.134 e. The van der Waals surface area contributed by atoms with E-state index in [-0.39, 0.29) is 0 Å². The van der Waals surface area contributed by atoms with Crippen molar-refractivity contribution in [1.82, 2.24) is 9.97 Å². The molecule has 5 heteroatoms. The van der Waals surface area contributed by atoms with Gasteiger partial charge in [0.2, 0.25) is 0 Å². The van der Waals surface area contributed by atoms with Gasteiger partial charge in [-0.15, -0.1) is 0 Å². The summed E-state index contributed by atoms with van der Waals surface area (Å²) in [5.74, 6) is 2.45. The van der Waals surface area contributed by atoms with Gasteiger partial charge >= 0.3 is 0 Å². The van der Waals surface area contributed by atoms with E-state index in [0.29, 0.717) is 11.3 Å². The minimum atomic E-state index is 0.311. The number of ether oxygens (including phenoxy) is 1. The Morgan fingerprint density at radius 1 is 1.33 bits per heavy atom. The number of anilines is 1. The normalized spacial score (nSPS) is 23.3. The van der Waals surface area contributed by atoms with Crippen molar-refractivity contribution in [3.05, 3.63) is 17.0 Å². The fraction of sp³-hybridized carbons (Fsp3) is 0.692. The third-order valence-electron chi connectivity index (χ3n) is 3.44. The Morgan fingerprint density at radius 3 is 2.94 bits per heavy atom. The number of nitrogens with zero attached hydrogens (tertiary/aromatic N) is 2. The topological polar surface area (TPSA) is 47.0 Å². The summed E-state index contributed by atoms with van der Waals surface area (Å²) in [5, 5.41) is 3.82. The van der Waals surface area contributed by atoms with Crippen LogP contribution in [0.25, 0.3) is 0 Å². The van der Waals surface area contributed by atoms with Crippen LogP contribution in [-0.4, -0.2) is 29.2 Å². The number of halogens is 1. The van der Waals surface area contributed by atoms with Crippen molar-refractivity contribution in [3.63, 3.8) is 0 Å². The zero-order valence-electron chi connectivity index (χ0n) is 10.4. The van der Waals surface area contributed by atoms with E-state index in [1.54, 1.807) is 6.07 Å². The molecule has 1 saturated carbocycles. The SMILES string of the molecule is Clc1cc(NC[C@H]2CCCO2)nc(CC2CC2)n1. The van der Waals surface area contributed by atoms with Crippen LogP contribution in [0.2, 0.25) is 5.15 Å². The molecule has 0 radical (unpaired) electrons. The molecule has 2 aliphatic rings. The van der Waals surface area contributed by atoms with Gasteiger partial charge in [0, 0.05) is 25.6 Å². The largest absolute Gasteiger partial charge is 0.376 e. The van der Waals surface area contributed by atoms with Gasteiger partial charge in [0.15, 0.2) is 0 Å². The standard InChI is InChI=1S/C13H18ClN3O/c14-11-7-12(15-8-10-2-1-5-18-10)17-13(16-11)6-9-3-4-9/h7,9-10H,1-6,8H2,(H,15,16,17)/t10-/m1/s1. The van der Waals surface area contributed by atoms with Crippen LogP contribution in [0.1, 0.15) is 31.5 Å². The van der Waals surface area contributed by atoms with Crippen LogP contribution in [0, 0.1) is 5.92 Å². The van der Waals surface area contributed by atoms with Gasteiger partial charge in [-0.05, 0) is 31.6 Å². The predicted octanol–water partition coefficient (Wildman–Crippen LogP) is 2.67. The molecular formula is C13H18ClN3O. The van der Waals surface area contributed by atoms with E-state index in [1.807, 2.05) is 0 Å². The van der Waals surface area contributed by atoms with Gasteiger partial charge in [0.05, 0.1) is 6.10 Å². The molecule has 0 amide bonds.